The van der Waals surface area contributed by atoms with E-state index in [1.54, 1.807) is 27.8 Å². The number of allylic oxidation sites excluding steroid dienone is 3. The van der Waals surface area contributed by atoms with Crippen LogP contribution in [0.3, 0.4) is 0 Å². The number of anilines is 2. The van der Waals surface area contributed by atoms with Gasteiger partial charge in [0, 0.05) is 48.8 Å². The zero-order valence-electron chi connectivity index (χ0n) is 29.7. The van der Waals surface area contributed by atoms with Crippen LogP contribution in [0.4, 0.5) is 15.5 Å². The maximum absolute atomic E-state index is 16.5. The summed E-state index contributed by atoms with van der Waals surface area (Å²) in [4.78, 5) is 46.5. The van der Waals surface area contributed by atoms with E-state index in [1.165, 1.54) is 5.57 Å². The van der Waals surface area contributed by atoms with Gasteiger partial charge in [-0.25, -0.2) is 0 Å². The van der Waals surface area contributed by atoms with Gasteiger partial charge in [0.15, 0.2) is 5.60 Å². The standard InChI is InChI=1S/C39H50FN3O5Si/c1-25(2)10-9-11-26(3)16-18-42-33-15-14-30(41-19-17-35(41)45)21-32(33)39(38(42)47)27(4)37(49(5,6)40)34(48-39)22-36(46)43-23-29-13-8-7-12-28(29)20-31(43)24-44/h7-8,10,12-16,21,27,31,34,37,44H,9,11,17-20,22-24H2,1-6H3/b26-16+/t27-,31-,34+,37-,39+/m0/s1. The lowest BCUT2D eigenvalue weighted by Crippen LogP contribution is -2.48. The maximum Gasteiger partial charge on any atom is 0.264 e. The first-order valence-electron chi connectivity index (χ1n) is 17.7. The minimum absolute atomic E-state index is 0.0192. The first-order chi connectivity index (χ1) is 23.3. The summed E-state index contributed by atoms with van der Waals surface area (Å²) in [6.07, 6.45) is 6.15. The van der Waals surface area contributed by atoms with Crippen molar-refractivity contribution in [2.45, 2.75) is 103 Å². The van der Waals surface area contributed by atoms with Gasteiger partial charge in [-0.1, -0.05) is 54.5 Å². The second kappa shape index (κ2) is 13.6. The third-order valence-electron chi connectivity index (χ3n) is 11.1. The smallest absolute Gasteiger partial charge is 0.264 e. The van der Waals surface area contributed by atoms with E-state index in [9.17, 15) is 19.5 Å². The Morgan fingerprint density at radius 2 is 1.84 bits per heavy atom. The molecule has 1 spiro atoms. The van der Waals surface area contributed by atoms with Gasteiger partial charge in [-0.3, -0.25) is 14.4 Å². The molecule has 0 bridgehead atoms. The number of β-lactam (4-membered cyclic amide) rings is 1. The summed E-state index contributed by atoms with van der Waals surface area (Å²) in [6.45, 7) is 12.5. The summed E-state index contributed by atoms with van der Waals surface area (Å²) in [6, 6.07) is 13.2. The van der Waals surface area contributed by atoms with Crippen molar-refractivity contribution in [3.8, 4) is 0 Å². The number of carbonyl (C=O) groups is 3. The molecular weight excluding hydrogens is 638 g/mol. The molecule has 10 heteroatoms. The van der Waals surface area contributed by atoms with Crippen molar-refractivity contribution >= 4 is 37.5 Å². The molecule has 262 valence electrons. The van der Waals surface area contributed by atoms with Crippen molar-refractivity contribution in [1.29, 1.82) is 0 Å². The molecule has 2 fully saturated rings. The van der Waals surface area contributed by atoms with Crippen molar-refractivity contribution in [3.05, 3.63) is 82.5 Å². The third kappa shape index (κ3) is 6.43. The normalized spacial score (nSPS) is 26.6. The van der Waals surface area contributed by atoms with E-state index in [4.69, 9.17) is 4.74 Å². The van der Waals surface area contributed by atoms with Crippen LogP contribution in [0.5, 0.6) is 0 Å². The maximum atomic E-state index is 16.5. The summed E-state index contributed by atoms with van der Waals surface area (Å²) in [5.74, 6) is -1.02. The van der Waals surface area contributed by atoms with E-state index in [-0.39, 0.29) is 30.7 Å². The summed E-state index contributed by atoms with van der Waals surface area (Å²) >= 11 is 0. The second-order valence-electron chi connectivity index (χ2n) is 15.1. The second-order valence-corrected chi connectivity index (χ2v) is 18.9. The van der Waals surface area contributed by atoms with Crippen LogP contribution < -0.4 is 9.80 Å². The molecule has 4 aliphatic heterocycles. The van der Waals surface area contributed by atoms with Crippen LogP contribution >= 0.6 is 0 Å². The predicted molar refractivity (Wildman–Crippen MR) is 192 cm³/mol. The highest BCUT2D eigenvalue weighted by Crippen LogP contribution is 2.60. The molecular formula is C39H50FN3O5Si. The lowest BCUT2D eigenvalue weighted by atomic mass is 9.82. The first-order valence-corrected chi connectivity index (χ1v) is 20.6. The van der Waals surface area contributed by atoms with Crippen LogP contribution in [0.25, 0.3) is 0 Å². The van der Waals surface area contributed by atoms with Crippen LogP contribution in [0.1, 0.15) is 70.1 Å². The number of benzene rings is 2. The number of aliphatic hydroxyl groups is 1. The molecule has 4 heterocycles. The molecule has 1 N–H and O–H groups in total. The molecule has 4 aliphatic rings. The Kier molecular flexibility index (Phi) is 9.78. The molecule has 6 rings (SSSR count). The van der Waals surface area contributed by atoms with Crippen molar-refractivity contribution in [3.63, 3.8) is 0 Å². The average molecular weight is 688 g/mol. The van der Waals surface area contributed by atoms with Crippen molar-refractivity contribution in [2.75, 3.05) is 29.5 Å². The fourth-order valence-corrected chi connectivity index (χ4v) is 10.9. The zero-order valence-corrected chi connectivity index (χ0v) is 30.7. The lowest BCUT2D eigenvalue weighted by molar-refractivity contribution is -0.150. The van der Waals surface area contributed by atoms with E-state index in [1.807, 2.05) is 49.4 Å². The molecule has 2 aromatic rings. The van der Waals surface area contributed by atoms with Gasteiger partial charge < -0.3 is 28.7 Å². The Balaban J connectivity index is 1.35. The Morgan fingerprint density at radius 1 is 1.10 bits per heavy atom. The SMILES string of the molecule is CC(C)=CCC/C(C)=C/CN1C(=O)[C@]2(O[C@H](CC(=O)N3Cc4ccccc4C[C@H]3CO)[C@@H]([Si](C)(C)F)[C@@H]2C)c2cc(N3CCC3=O)ccc21. The molecule has 8 nitrogen and oxygen atoms in total. The van der Waals surface area contributed by atoms with Crippen LogP contribution in [0.2, 0.25) is 18.6 Å². The summed E-state index contributed by atoms with van der Waals surface area (Å²) in [7, 11) is -3.52. The molecule has 2 aromatic carbocycles. The molecule has 5 atom stereocenters. The highest BCUT2D eigenvalue weighted by molar-refractivity contribution is 6.72. The van der Waals surface area contributed by atoms with Crippen LogP contribution in [0.15, 0.2) is 65.8 Å². The largest absolute Gasteiger partial charge is 0.394 e. The van der Waals surface area contributed by atoms with Gasteiger partial charge in [-0.15, -0.1) is 0 Å². The highest BCUT2D eigenvalue weighted by atomic mass is 28.4. The van der Waals surface area contributed by atoms with Crippen molar-refractivity contribution in [1.82, 2.24) is 4.90 Å². The summed E-state index contributed by atoms with van der Waals surface area (Å²) < 4.78 is 23.4. The fourth-order valence-electron chi connectivity index (χ4n) is 8.44. The monoisotopic (exact) mass is 687 g/mol. The number of rotatable bonds is 10. The number of nitrogens with zero attached hydrogens (tertiary/aromatic N) is 3. The van der Waals surface area contributed by atoms with Gasteiger partial charge >= 0.3 is 0 Å². The molecule has 0 aromatic heterocycles. The number of carbonyl (C=O) groups excluding carboxylic acids is 3. The minimum Gasteiger partial charge on any atom is -0.394 e. The number of hydrogen-bond acceptors (Lipinski definition) is 5. The Bertz CT molecular complexity index is 1700. The molecule has 0 saturated carbocycles. The van der Waals surface area contributed by atoms with Crippen molar-refractivity contribution < 1.29 is 28.3 Å². The lowest BCUT2D eigenvalue weighted by Gasteiger charge is -2.37. The topological polar surface area (TPSA) is 90.4 Å². The minimum atomic E-state index is -3.52. The van der Waals surface area contributed by atoms with Gasteiger partial charge in [0.2, 0.25) is 20.2 Å². The summed E-state index contributed by atoms with van der Waals surface area (Å²) in [5.41, 5.74) is 4.44. The number of ether oxygens (including phenoxy) is 1. The molecule has 49 heavy (non-hydrogen) atoms. The van der Waals surface area contributed by atoms with E-state index in [0.29, 0.717) is 49.4 Å². The quantitative estimate of drug-likeness (QED) is 0.132. The Labute approximate surface area is 290 Å². The Morgan fingerprint density at radius 3 is 2.47 bits per heavy atom. The molecule has 0 aliphatic carbocycles. The van der Waals surface area contributed by atoms with Crippen LogP contribution in [-0.4, -0.2) is 68.0 Å². The molecule has 2 saturated heterocycles. The van der Waals surface area contributed by atoms with E-state index in [0.717, 1.165) is 29.5 Å². The van der Waals surface area contributed by atoms with Gasteiger partial charge in [-0.05, 0) is 82.5 Å². The predicted octanol–water partition coefficient (Wildman–Crippen LogP) is 6.57. The van der Waals surface area contributed by atoms with Crippen molar-refractivity contribution in [2.24, 2.45) is 5.92 Å². The van der Waals surface area contributed by atoms with E-state index in [2.05, 4.69) is 32.9 Å². The number of hydrogen-bond donors (Lipinski definition) is 1. The zero-order chi connectivity index (χ0) is 35.2. The van der Waals surface area contributed by atoms with Gasteiger partial charge in [0.1, 0.15) is 0 Å². The van der Waals surface area contributed by atoms with Crippen LogP contribution in [0, 0.1) is 5.92 Å². The summed E-state index contributed by atoms with van der Waals surface area (Å²) in [5, 5.41) is 10.3. The number of fused-ring (bicyclic) bond motifs is 3. The Hall–Kier alpha value is -3.60. The van der Waals surface area contributed by atoms with Gasteiger partial charge in [0.25, 0.3) is 5.91 Å². The van der Waals surface area contributed by atoms with E-state index < -0.39 is 37.6 Å². The number of aliphatic hydroxyl groups excluding tert-OH is 1. The first kappa shape index (κ1) is 35.2. The molecule has 3 amide bonds. The fraction of sp³-hybridized carbons (Fsp3) is 0.513. The van der Waals surface area contributed by atoms with E-state index >= 15 is 4.11 Å². The highest BCUT2D eigenvalue weighted by Gasteiger charge is 2.67. The third-order valence-corrected chi connectivity index (χ3v) is 13.5. The molecule has 0 radical (unpaired) electrons. The number of amides is 3. The number of halogens is 1. The van der Waals surface area contributed by atoms with Gasteiger partial charge in [0.05, 0.1) is 30.9 Å². The van der Waals surface area contributed by atoms with Crippen LogP contribution in [-0.2, 0) is 37.7 Å². The average Bonchev–Trinajstić information content (AvgIpc) is 3.47. The van der Waals surface area contributed by atoms with Gasteiger partial charge in [-0.2, -0.15) is 0 Å². The molecule has 0 unspecified atom stereocenters.